The standard InChI is InChI=1S/C11H8BrNO2.C7H7NO2/c1-15-11(14)10-4-2-7-6-8(12)3-5-9(7)13-10;1-10-7(9)6-3-2-4-8-5-6/h2-6H,1H3;2-5H,1H3. The lowest BCUT2D eigenvalue weighted by atomic mass is 10.2. The molecule has 0 unspecified atom stereocenters. The number of carbonyl (C=O) groups is 2. The number of hydrogen-bond donors (Lipinski definition) is 0. The van der Waals surface area contributed by atoms with E-state index < -0.39 is 5.97 Å². The Morgan fingerprint density at radius 1 is 1.00 bits per heavy atom. The SMILES string of the molecule is COC(=O)c1ccc2cc(Br)ccc2n1.COC(=O)c1cccnc1. The van der Waals surface area contributed by atoms with E-state index in [2.05, 4.69) is 35.4 Å². The molecule has 0 radical (unpaired) electrons. The van der Waals surface area contributed by atoms with E-state index in [0.29, 0.717) is 11.3 Å². The van der Waals surface area contributed by atoms with E-state index in [-0.39, 0.29) is 5.97 Å². The van der Waals surface area contributed by atoms with Crippen molar-refractivity contribution >= 4 is 38.8 Å². The Balaban J connectivity index is 0.000000196. The second kappa shape index (κ2) is 8.89. The first-order valence-electron chi connectivity index (χ1n) is 7.18. The number of methoxy groups -OCH3 is 2. The maximum atomic E-state index is 11.2. The fourth-order valence-corrected chi connectivity index (χ4v) is 2.29. The molecule has 0 spiro atoms. The molecule has 2 heterocycles. The summed E-state index contributed by atoms with van der Waals surface area (Å²) in [6.07, 6.45) is 3.07. The molecule has 25 heavy (non-hydrogen) atoms. The van der Waals surface area contributed by atoms with E-state index >= 15 is 0 Å². The van der Waals surface area contributed by atoms with E-state index in [1.54, 1.807) is 24.4 Å². The van der Waals surface area contributed by atoms with Gasteiger partial charge in [0.05, 0.1) is 25.3 Å². The highest BCUT2D eigenvalue weighted by molar-refractivity contribution is 9.10. The van der Waals surface area contributed by atoms with Crippen LogP contribution in [0.25, 0.3) is 10.9 Å². The first kappa shape index (κ1) is 18.5. The summed E-state index contributed by atoms with van der Waals surface area (Å²) in [6, 6.07) is 12.5. The molecule has 0 aliphatic rings. The summed E-state index contributed by atoms with van der Waals surface area (Å²) in [4.78, 5) is 29.9. The van der Waals surface area contributed by atoms with Crippen molar-refractivity contribution in [1.82, 2.24) is 9.97 Å². The van der Waals surface area contributed by atoms with Gasteiger partial charge in [-0.25, -0.2) is 14.6 Å². The molecule has 7 heteroatoms. The van der Waals surface area contributed by atoms with E-state index in [0.717, 1.165) is 15.4 Å². The Kier molecular flexibility index (Phi) is 6.59. The number of halogens is 1. The zero-order valence-electron chi connectivity index (χ0n) is 13.6. The van der Waals surface area contributed by atoms with Crippen LogP contribution in [0.2, 0.25) is 0 Å². The third-order valence-electron chi connectivity index (χ3n) is 3.13. The highest BCUT2D eigenvalue weighted by atomic mass is 79.9. The zero-order valence-corrected chi connectivity index (χ0v) is 15.2. The summed E-state index contributed by atoms with van der Waals surface area (Å²) in [7, 11) is 2.69. The second-order valence-corrected chi connectivity index (χ2v) is 5.67. The van der Waals surface area contributed by atoms with Gasteiger partial charge in [0.2, 0.25) is 0 Å². The van der Waals surface area contributed by atoms with Crippen molar-refractivity contribution in [3.8, 4) is 0 Å². The van der Waals surface area contributed by atoms with Crippen LogP contribution in [0.5, 0.6) is 0 Å². The number of carbonyl (C=O) groups excluding carboxylic acids is 2. The minimum absolute atomic E-state index is 0.326. The summed E-state index contributed by atoms with van der Waals surface area (Å²) < 4.78 is 10.0. The predicted molar refractivity (Wildman–Crippen MR) is 96.4 cm³/mol. The maximum Gasteiger partial charge on any atom is 0.356 e. The molecule has 0 saturated carbocycles. The van der Waals surface area contributed by atoms with Crippen molar-refractivity contribution in [3.63, 3.8) is 0 Å². The van der Waals surface area contributed by atoms with Crippen LogP contribution in [0, 0.1) is 0 Å². The Labute approximate surface area is 152 Å². The minimum Gasteiger partial charge on any atom is -0.465 e. The summed E-state index contributed by atoms with van der Waals surface area (Å²) in [6.45, 7) is 0. The number of hydrogen-bond acceptors (Lipinski definition) is 6. The van der Waals surface area contributed by atoms with Gasteiger partial charge in [-0.2, -0.15) is 0 Å². The van der Waals surface area contributed by atoms with Gasteiger partial charge in [-0.15, -0.1) is 0 Å². The van der Waals surface area contributed by atoms with Crippen LogP contribution < -0.4 is 0 Å². The van der Waals surface area contributed by atoms with Crippen LogP contribution in [0.4, 0.5) is 0 Å². The number of aromatic nitrogens is 2. The molecular weight excluding hydrogens is 388 g/mol. The van der Waals surface area contributed by atoms with Gasteiger partial charge >= 0.3 is 11.9 Å². The highest BCUT2D eigenvalue weighted by Crippen LogP contribution is 2.18. The van der Waals surface area contributed by atoms with Crippen molar-refractivity contribution in [3.05, 3.63) is 70.6 Å². The maximum absolute atomic E-state index is 11.2. The van der Waals surface area contributed by atoms with Crippen LogP contribution in [0.3, 0.4) is 0 Å². The quantitative estimate of drug-likeness (QED) is 0.608. The zero-order chi connectivity index (χ0) is 18.2. The third-order valence-corrected chi connectivity index (χ3v) is 3.62. The second-order valence-electron chi connectivity index (χ2n) is 4.76. The van der Waals surface area contributed by atoms with Gasteiger partial charge in [-0.3, -0.25) is 4.98 Å². The lowest BCUT2D eigenvalue weighted by Crippen LogP contribution is -2.03. The molecule has 0 bridgehead atoms. The Bertz CT molecular complexity index is 885. The smallest absolute Gasteiger partial charge is 0.356 e. The van der Waals surface area contributed by atoms with Gasteiger partial charge in [0.15, 0.2) is 0 Å². The Morgan fingerprint density at radius 2 is 1.76 bits per heavy atom. The lowest BCUT2D eigenvalue weighted by Gasteiger charge is -2.01. The van der Waals surface area contributed by atoms with Crippen LogP contribution in [0.1, 0.15) is 20.8 Å². The number of ether oxygens (including phenoxy) is 2. The molecule has 0 saturated heterocycles. The molecule has 1 aromatic carbocycles. The van der Waals surface area contributed by atoms with Gasteiger partial charge in [0.1, 0.15) is 5.69 Å². The van der Waals surface area contributed by atoms with E-state index in [1.165, 1.54) is 20.4 Å². The number of pyridine rings is 2. The molecule has 128 valence electrons. The first-order valence-corrected chi connectivity index (χ1v) is 7.97. The largest absolute Gasteiger partial charge is 0.465 e. The normalized spacial score (nSPS) is 9.72. The fourth-order valence-electron chi connectivity index (χ4n) is 1.92. The van der Waals surface area contributed by atoms with E-state index in [4.69, 9.17) is 0 Å². The summed E-state index contributed by atoms with van der Waals surface area (Å²) in [5.74, 6) is -0.770. The Morgan fingerprint density at radius 3 is 2.40 bits per heavy atom. The monoisotopic (exact) mass is 402 g/mol. The van der Waals surface area contributed by atoms with Crippen molar-refractivity contribution in [1.29, 1.82) is 0 Å². The lowest BCUT2D eigenvalue weighted by molar-refractivity contribution is 0.0588. The van der Waals surface area contributed by atoms with Gasteiger partial charge in [0, 0.05) is 22.3 Å². The molecular formula is C18H15BrN2O4. The molecule has 6 nitrogen and oxygen atoms in total. The minimum atomic E-state index is -0.417. The molecule has 0 aliphatic carbocycles. The summed E-state index contributed by atoms with van der Waals surface area (Å²) >= 11 is 3.37. The Hall–Kier alpha value is -2.80. The summed E-state index contributed by atoms with van der Waals surface area (Å²) in [5.41, 5.74) is 1.58. The van der Waals surface area contributed by atoms with Crippen molar-refractivity contribution < 1.29 is 19.1 Å². The highest BCUT2D eigenvalue weighted by Gasteiger charge is 2.07. The van der Waals surface area contributed by atoms with Crippen LogP contribution in [-0.2, 0) is 9.47 Å². The topological polar surface area (TPSA) is 78.4 Å². The first-order chi connectivity index (χ1) is 12.0. The van der Waals surface area contributed by atoms with Gasteiger partial charge in [0.25, 0.3) is 0 Å². The predicted octanol–water partition coefficient (Wildman–Crippen LogP) is 3.65. The van der Waals surface area contributed by atoms with E-state index in [1.807, 2.05) is 24.3 Å². The molecule has 0 amide bonds. The molecule has 0 N–H and O–H groups in total. The van der Waals surface area contributed by atoms with Crippen molar-refractivity contribution in [2.75, 3.05) is 14.2 Å². The van der Waals surface area contributed by atoms with Gasteiger partial charge in [-0.1, -0.05) is 22.0 Å². The average Bonchev–Trinajstić information content (AvgIpc) is 2.67. The number of benzene rings is 1. The van der Waals surface area contributed by atoms with Crippen molar-refractivity contribution in [2.24, 2.45) is 0 Å². The molecule has 0 fully saturated rings. The average molecular weight is 403 g/mol. The number of nitrogens with zero attached hydrogens (tertiary/aromatic N) is 2. The molecule has 3 rings (SSSR count). The molecule has 3 aromatic rings. The van der Waals surface area contributed by atoms with Crippen molar-refractivity contribution in [2.45, 2.75) is 0 Å². The van der Waals surface area contributed by atoms with Crippen LogP contribution in [-0.4, -0.2) is 36.1 Å². The molecule has 0 atom stereocenters. The van der Waals surface area contributed by atoms with Gasteiger partial charge in [-0.05, 0) is 36.4 Å². The molecule has 0 aliphatic heterocycles. The number of fused-ring (bicyclic) bond motifs is 1. The summed E-state index contributed by atoms with van der Waals surface area (Å²) in [5, 5.41) is 0.983. The van der Waals surface area contributed by atoms with Gasteiger partial charge < -0.3 is 9.47 Å². The third kappa shape index (κ3) is 5.09. The van der Waals surface area contributed by atoms with Crippen LogP contribution in [0.15, 0.2) is 59.3 Å². The number of rotatable bonds is 2. The number of esters is 2. The van der Waals surface area contributed by atoms with Crippen LogP contribution >= 0.6 is 15.9 Å². The fraction of sp³-hybridized carbons (Fsp3) is 0.111. The molecule has 2 aromatic heterocycles. The van der Waals surface area contributed by atoms with E-state index in [9.17, 15) is 9.59 Å².